The molecule has 0 amide bonds. The minimum atomic E-state index is 0.261. The Bertz CT molecular complexity index is 1020. The molecule has 0 radical (unpaired) electrons. The molecule has 1 aliphatic rings. The molecule has 9 heteroatoms. The standard InChI is InChI=1S/C20H26N6O2S/c1-4-13(3)22-6-5-7-26-19-17(18(21)23-10-24-19)25-20(26)29-16-9-15-14(8-12(16)2)27-11-28-15/h8-10,13,22H,4-7,11H2,1-3H3,(H2,21,23,24). The average Bonchev–Trinajstić information content (AvgIpc) is 3.30. The lowest BCUT2D eigenvalue weighted by Gasteiger charge is -2.13. The lowest BCUT2D eigenvalue weighted by molar-refractivity contribution is 0.174. The Balaban J connectivity index is 1.62. The Labute approximate surface area is 174 Å². The van der Waals surface area contributed by atoms with Crippen molar-refractivity contribution in [2.24, 2.45) is 0 Å². The number of nitrogen functional groups attached to an aromatic ring is 1. The van der Waals surface area contributed by atoms with Crippen molar-refractivity contribution in [3.05, 3.63) is 24.0 Å². The fourth-order valence-electron chi connectivity index (χ4n) is 3.18. The number of nitrogens with two attached hydrogens (primary N) is 1. The molecule has 0 fully saturated rings. The first kappa shape index (κ1) is 19.8. The molecule has 0 saturated heterocycles. The number of ether oxygens (including phenoxy) is 2. The minimum absolute atomic E-state index is 0.261. The fourth-order valence-corrected chi connectivity index (χ4v) is 4.18. The van der Waals surface area contributed by atoms with E-state index >= 15 is 0 Å². The fraction of sp³-hybridized carbons (Fsp3) is 0.450. The summed E-state index contributed by atoms with van der Waals surface area (Å²) in [6, 6.07) is 4.52. The van der Waals surface area contributed by atoms with Gasteiger partial charge in [0.15, 0.2) is 33.6 Å². The number of aromatic nitrogens is 4. The maximum atomic E-state index is 6.06. The Kier molecular flexibility index (Phi) is 5.77. The van der Waals surface area contributed by atoms with E-state index in [1.165, 1.54) is 6.33 Å². The lowest BCUT2D eigenvalue weighted by Crippen LogP contribution is -2.26. The van der Waals surface area contributed by atoms with E-state index in [2.05, 4.69) is 40.6 Å². The molecule has 154 valence electrons. The zero-order valence-electron chi connectivity index (χ0n) is 16.9. The number of nitrogens with one attached hydrogen (secondary N) is 1. The predicted molar refractivity (Wildman–Crippen MR) is 114 cm³/mol. The van der Waals surface area contributed by atoms with Crippen molar-refractivity contribution in [2.75, 3.05) is 19.1 Å². The van der Waals surface area contributed by atoms with Gasteiger partial charge in [-0.25, -0.2) is 15.0 Å². The van der Waals surface area contributed by atoms with E-state index in [4.69, 9.17) is 20.2 Å². The van der Waals surface area contributed by atoms with Gasteiger partial charge >= 0.3 is 0 Å². The van der Waals surface area contributed by atoms with E-state index in [0.717, 1.165) is 58.7 Å². The van der Waals surface area contributed by atoms with Crippen LogP contribution in [0.25, 0.3) is 11.2 Å². The van der Waals surface area contributed by atoms with Crippen molar-refractivity contribution in [3.8, 4) is 11.5 Å². The number of anilines is 1. The van der Waals surface area contributed by atoms with Gasteiger partial charge < -0.3 is 25.1 Å². The number of fused-ring (bicyclic) bond motifs is 2. The van der Waals surface area contributed by atoms with E-state index in [0.29, 0.717) is 17.4 Å². The van der Waals surface area contributed by atoms with Crippen molar-refractivity contribution in [3.63, 3.8) is 0 Å². The molecule has 8 nitrogen and oxygen atoms in total. The number of nitrogens with zero attached hydrogens (tertiary/aromatic N) is 4. The van der Waals surface area contributed by atoms with Gasteiger partial charge in [0.1, 0.15) is 6.33 Å². The third-order valence-corrected chi connectivity index (χ3v) is 6.21. The summed E-state index contributed by atoms with van der Waals surface area (Å²) < 4.78 is 13.1. The average molecular weight is 415 g/mol. The first-order valence-corrected chi connectivity index (χ1v) is 10.7. The van der Waals surface area contributed by atoms with Crippen LogP contribution in [0.2, 0.25) is 0 Å². The van der Waals surface area contributed by atoms with E-state index in [1.54, 1.807) is 11.8 Å². The highest BCUT2D eigenvalue weighted by Crippen LogP contribution is 2.40. The molecule has 2 aromatic heterocycles. The van der Waals surface area contributed by atoms with Crippen molar-refractivity contribution in [1.29, 1.82) is 0 Å². The second kappa shape index (κ2) is 8.46. The Hall–Kier alpha value is -2.52. The van der Waals surface area contributed by atoms with Crippen LogP contribution in [0.3, 0.4) is 0 Å². The van der Waals surface area contributed by atoms with E-state index in [1.807, 2.05) is 12.1 Å². The van der Waals surface area contributed by atoms with Crippen molar-refractivity contribution < 1.29 is 9.47 Å². The summed E-state index contributed by atoms with van der Waals surface area (Å²) >= 11 is 1.58. The normalized spacial score (nSPS) is 13.9. The third kappa shape index (κ3) is 4.11. The molecular formula is C20H26N6O2S. The number of rotatable bonds is 8. The van der Waals surface area contributed by atoms with Gasteiger partial charge in [-0.3, -0.25) is 0 Å². The van der Waals surface area contributed by atoms with Gasteiger partial charge in [0.25, 0.3) is 0 Å². The molecule has 4 rings (SSSR count). The van der Waals surface area contributed by atoms with Crippen LogP contribution >= 0.6 is 11.8 Å². The quantitative estimate of drug-likeness (QED) is 0.541. The molecule has 0 bridgehead atoms. The van der Waals surface area contributed by atoms with Crippen molar-refractivity contribution >= 4 is 28.7 Å². The highest BCUT2D eigenvalue weighted by atomic mass is 32.2. The molecule has 0 aliphatic carbocycles. The number of aryl methyl sites for hydroxylation is 2. The molecule has 29 heavy (non-hydrogen) atoms. The van der Waals surface area contributed by atoms with Gasteiger partial charge in [-0.1, -0.05) is 18.7 Å². The molecule has 3 heterocycles. The summed E-state index contributed by atoms with van der Waals surface area (Å²) in [5.74, 6) is 1.94. The summed E-state index contributed by atoms with van der Waals surface area (Å²) in [7, 11) is 0. The summed E-state index contributed by atoms with van der Waals surface area (Å²) in [6.45, 7) is 8.43. The molecule has 3 N–H and O–H groups in total. The summed E-state index contributed by atoms with van der Waals surface area (Å²) in [5, 5.41) is 4.38. The van der Waals surface area contributed by atoms with Crippen LogP contribution in [0.4, 0.5) is 5.82 Å². The molecule has 0 spiro atoms. The molecule has 1 atom stereocenters. The van der Waals surface area contributed by atoms with Crippen LogP contribution in [-0.2, 0) is 6.54 Å². The molecule has 0 saturated carbocycles. The number of hydrogen-bond acceptors (Lipinski definition) is 8. The summed E-state index contributed by atoms with van der Waals surface area (Å²) in [4.78, 5) is 14.4. The van der Waals surface area contributed by atoms with Gasteiger partial charge in [0.2, 0.25) is 6.79 Å². The van der Waals surface area contributed by atoms with Crippen LogP contribution in [0.1, 0.15) is 32.3 Å². The number of hydrogen-bond donors (Lipinski definition) is 2. The monoisotopic (exact) mass is 414 g/mol. The highest BCUT2D eigenvalue weighted by Gasteiger charge is 2.20. The molecule has 1 aromatic carbocycles. The molecule has 3 aromatic rings. The first-order valence-electron chi connectivity index (χ1n) is 9.85. The number of imidazole rings is 1. The zero-order valence-corrected chi connectivity index (χ0v) is 17.8. The lowest BCUT2D eigenvalue weighted by atomic mass is 10.2. The van der Waals surface area contributed by atoms with Crippen LogP contribution in [0.5, 0.6) is 11.5 Å². The third-order valence-electron chi connectivity index (χ3n) is 5.06. The van der Waals surface area contributed by atoms with Gasteiger partial charge in [-0.05, 0) is 50.9 Å². The van der Waals surface area contributed by atoms with E-state index in [9.17, 15) is 0 Å². The van der Waals surface area contributed by atoms with Gasteiger partial charge in [0, 0.05) is 17.5 Å². The van der Waals surface area contributed by atoms with Crippen molar-refractivity contribution in [1.82, 2.24) is 24.8 Å². The van der Waals surface area contributed by atoms with Gasteiger partial charge in [-0.2, -0.15) is 0 Å². The van der Waals surface area contributed by atoms with Crippen LogP contribution in [-0.4, -0.2) is 38.9 Å². The topological polar surface area (TPSA) is 100 Å². The summed E-state index contributed by atoms with van der Waals surface area (Å²) in [6.07, 6.45) is 3.57. The first-order chi connectivity index (χ1) is 14.1. The van der Waals surface area contributed by atoms with Gasteiger partial charge in [0.05, 0.1) is 0 Å². The Morgan fingerprint density at radius 3 is 2.86 bits per heavy atom. The van der Waals surface area contributed by atoms with Crippen LogP contribution < -0.4 is 20.5 Å². The molecule has 1 aliphatic heterocycles. The highest BCUT2D eigenvalue weighted by molar-refractivity contribution is 7.99. The Morgan fingerprint density at radius 2 is 2.07 bits per heavy atom. The smallest absolute Gasteiger partial charge is 0.231 e. The second-order valence-electron chi connectivity index (χ2n) is 7.17. The SMILES string of the molecule is CCC(C)NCCCn1c(Sc2cc3c(cc2C)OCO3)nc2c(N)ncnc21. The maximum absolute atomic E-state index is 6.06. The van der Waals surface area contributed by atoms with Crippen molar-refractivity contribution in [2.45, 2.75) is 56.3 Å². The summed E-state index contributed by atoms with van der Waals surface area (Å²) in [5.41, 5.74) is 8.58. The van der Waals surface area contributed by atoms with E-state index < -0.39 is 0 Å². The second-order valence-corrected chi connectivity index (χ2v) is 8.18. The minimum Gasteiger partial charge on any atom is -0.454 e. The maximum Gasteiger partial charge on any atom is 0.231 e. The molecular weight excluding hydrogens is 388 g/mol. The zero-order chi connectivity index (χ0) is 20.4. The Morgan fingerprint density at radius 1 is 1.28 bits per heavy atom. The largest absolute Gasteiger partial charge is 0.454 e. The van der Waals surface area contributed by atoms with Gasteiger partial charge in [-0.15, -0.1) is 0 Å². The number of benzene rings is 1. The van der Waals surface area contributed by atoms with Crippen LogP contribution in [0, 0.1) is 6.92 Å². The van der Waals surface area contributed by atoms with Crippen LogP contribution in [0.15, 0.2) is 28.5 Å². The predicted octanol–water partition coefficient (Wildman–Crippen LogP) is 3.38. The molecule has 1 unspecified atom stereocenters. The van der Waals surface area contributed by atoms with E-state index in [-0.39, 0.29) is 6.79 Å².